The molecule has 0 bridgehead atoms. The van der Waals surface area contributed by atoms with Crippen molar-refractivity contribution in [1.82, 2.24) is 19.5 Å². The molecule has 2 rings (SSSR count). The first-order valence-electron chi connectivity index (χ1n) is 5.35. The van der Waals surface area contributed by atoms with Gasteiger partial charge in [-0.2, -0.15) is 10.4 Å². The number of sulfonamides is 1. The van der Waals surface area contributed by atoms with Crippen LogP contribution in [0.2, 0.25) is 0 Å². The van der Waals surface area contributed by atoms with E-state index in [9.17, 15) is 8.42 Å². The largest absolute Gasteiger partial charge is 0.271 e. The van der Waals surface area contributed by atoms with Gasteiger partial charge in [0.05, 0.1) is 12.2 Å². The molecule has 0 saturated carbocycles. The number of hydrogen-bond donors (Lipinski definition) is 1. The highest BCUT2D eigenvalue weighted by Gasteiger charge is 2.14. The molecule has 0 atom stereocenters. The van der Waals surface area contributed by atoms with Gasteiger partial charge in [0.15, 0.2) is 0 Å². The molecule has 8 heteroatoms. The SMILES string of the molecule is Cn1nccc1CNS(=O)(=O)c1ccc(C#N)nc1. The number of hydrogen-bond acceptors (Lipinski definition) is 5. The molecule has 0 amide bonds. The fourth-order valence-corrected chi connectivity index (χ4v) is 2.38. The molecule has 0 aliphatic rings. The van der Waals surface area contributed by atoms with Crippen molar-refractivity contribution >= 4 is 10.0 Å². The lowest BCUT2D eigenvalue weighted by molar-refractivity contribution is 0.576. The van der Waals surface area contributed by atoms with Gasteiger partial charge in [0.2, 0.25) is 10.0 Å². The summed E-state index contributed by atoms with van der Waals surface area (Å²) in [6.45, 7) is 0.138. The first-order valence-corrected chi connectivity index (χ1v) is 6.84. The van der Waals surface area contributed by atoms with E-state index in [0.717, 1.165) is 11.9 Å². The number of nitrogens with zero attached hydrogens (tertiary/aromatic N) is 4. The van der Waals surface area contributed by atoms with Crippen LogP contribution in [0.15, 0.2) is 35.5 Å². The van der Waals surface area contributed by atoms with E-state index in [1.807, 2.05) is 6.07 Å². The highest BCUT2D eigenvalue weighted by atomic mass is 32.2. The molecule has 0 aliphatic heterocycles. The van der Waals surface area contributed by atoms with Crippen molar-refractivity contribution in [2.45, 2.75) is 11.4 Å². The van der Waals surface area contributed by atoms with Crippen LogP contribution in [0.5, 0.6) is 0 Å². The van der Waals surface area contributed by atoms with Gasteiger partial charge in [-0.15, -0.1) is 0 Å². The summed E-state index contributed by atoms with van der Waals surface area (Å²) >= 11 is 0. The van der Waals surface area contributed by atoms with Crippen molar-refractivity contribution in [2.24, 2.45) is 7.05 Å². The predicted molar refractivity (Wildman–Crippen MR) is 66.2 cm³/mol. The minimum atomic E-state index is -3.64. The van der Waals surface area contributed by atoms with Gasteiger partial charge in [-0.05, 0) is 18.2 Å². The van der Waals surface area contributed by atoms with E-state index >= 15 is 0 Å². The first kappa shape index (κ1) is 13.2. The third-order valence-electron chi connectivity index (χ3n) is 2.53. The Morgan fingerprint density at radius 2 is 2.21 bits per heavy atom. The summed E-state index contributed by atoms with van der Waals surface area (Å²) in [6.07, 6.45) is 2.75. The molecular formula is C11H11N5O2S. The topological polar surface area (TPSA) is 101 Å². The molecule has 7 nitrogen and oxygen atoms in total. The van der Waals surface area contributed by atoms with Gasteiger partial charge in [-0.1, -0.05) is 0 Å². The minimum Gasteiger partial charge on any atom is -0.271 e. The molecule has 0 spiro atoms. The predicted octanol–water partition coefficient (Wildman–Crippen LogP) is 0.165. The van der Waals surface area contributed by atoms with Crippen LogP contribution in [-0.4, -0.2) is 23.2 Å². The Balaban J connectivity index is 2.14. The quantitative estimate of drug-likeness (QED) is 0.858. The summed E-state index contributed by atoms with van der Waals surface area (Å²) in [4.78, 5) is 3.75. The van der Waals surface area contributed by atoms with E-state index in [4.69, 9.17) is 5.26 Å². The lowest BCUT2D eigenvalue weighted by Gasteiger charge is -2.06. The lowest BCUT2D eigenvalue weighted by Crippen LogP contribution is -2.24. The Hall–Kier alpha value is -2.24. The van der Waals surface area contributed by atoms with Gasteiger partial charge in [0, 0.05) is 19.4 Å². The summed E-state index contributed by atoms with van der Waals surface area (Å²) in [5, 5.41) is 12.5. The van der Waals surface area contributed by atoms with Crippen molar-refractivity contribution in [3.05, 3.63) is 42.0 Å². The van der Waals surface area contributed by atoms with Crippen molar-refractivity contribution in [3.63, 3.8) is 0 Å². The molecule has 0 unspecified atom stereocenters. The van der Waals surface area contributed by atoms with Gasteiger partial charge in [0.25, 0.3) is 0 Å². The van der Waals surface area contributed by atoms with Crippen LogP contribution >= 0.6 is 0 Å². The summed E-state index contributed by atoms with van der Waals surface area (Å²) in [5.74, 6) is 0. The summed E-state index contributed by atoms with van der Waals surface area (Å²) < 4.78 is 28.0. The standard InChI is InChI=1S/C11H11N5O2S/c1-16-10(4-5-14-16)7-15-19(17,18)11-3-2-9(6-12)13-8-11/h2-5,8,15H,7H2,1H3. The Morgan fingerprint density at radius 1 is 1.42 bits per heavy atom. The minimum absolute atomic E-state index is 0.0219. The number of nitriles is 1. The molecule has 2 heterocycles. The van der Waals surface area contributed by atoms with E-state index in [2.05, 4.69) is 14.8 Å². The van der Waals surface area contributed by atoms with Gasteiger partial charge in [-0.3, -0.25) is 4.68 Å². The zero-order valence-electron chi connectivity index (χ0n) is 10.1. The highest BCUT2D eigenvalue weighted by molar-refractivity contribution is 7.89. The molecule has 1 N–H and O–H groups in total. The fourth-order valence-electron chi connectivity index (χ4n) is 1.43. The van der Waals surface area contributed by atoms with Crippen molar-refractivity contribution in [1.29, 1.82) is 5.26 Å². The van der Waals surface area contributed by atoms with E-state index in [0.29, 0.717) is 0 Å². The maximum absolute atomic E-state index is 12.0. The van der Waals surface area contributed by atoms with Crippen LogP contribution in [0.25, 0.3) is 0 Å². The Morgan fingerprint density at radius 3 is 2.74 bits per heavy atom. The normalized spacial score (nSPS) is 11.2. The van der Waals surface area contributed by atoms with Crippen LogP contribution < -0.4 is 4.72 Å². The third-order valence-corrected chi connectivity index (χ3v) is 3.91. The Bertz CT molecular complexity index is 712. The van der Waals surface area contributed by atoms with Crippen molar-refractivity contribution in [2.75, 3.05) is 0 Å². The van der Waals surface area contributed by atoms with Gasteiger partial charge in [0.1, 0.15) is 16.7 Å². The summed E-state index contributed by atoms with van der Waals surface area (Å²) in [7, 11) is -1.91. The van der Waals surface area contributed by atoms with Crippen LogP contribution in [-0.2, 0) is 23.6 Å². The molecule has 0 aliphatic carbocycles. The monoisotopic (exact) mass is 277 g/mol. The molecule has 0 radical (unpaired) electrons. The molecular weight excluding hydrogens is 266 g/mol. The average molecular weight is 277 g/mol. The van der Waals surface area contributed by atoms with Crippen LogP contribution in [0.4, 0.5) is 0 Å². The second-order valence-electron chi connectivity index (χ2n) is 3.76. The number of nitrogens with one attached hydrogen (secondary N) is 1. The third kappa shape index (κ3) is 2.96. The summed E-state index contributed by atoms with van der Waals surface area (Å²) in [6, 6.07) is 6.26. The number of rotatable bonds is 4. The fraction of sp³-hybridized carbons (Fsp3) is 0.182. The van der Waals surface area contributed by atoms with E-state index in [1.54, 1.807) is 24.0 Å². The second-order valence-corrected chi connectivity index (χ2v) is 5.53. The van der Waals surface area contributed by atoms with Gasteiger partial charge >= 0.3 is 0 Å². The van der Waals surface area contributed by atoms with Crippen LogP contribution in [0.1, 0.15) is 11.4 Å². The lowest BCUT2D eigenvalue weighted by atomic mass is 10.4. The van der Waals surface area contributed by atoms with Crippen molar-refractivity contribution in [3.8, 4) is 6.07 Å². The molecule has 2 aromatic rings. The van der Waals surface area contributed by atoms with E-state index in [1.165, 1.54) is 12.1 Å². The average Bonchev–Trinajstić information content (AvgIpc) is 2.82. The van der Waals surface area contributed by atoms with Crippen LogP contribution in [0.3, 0.4) is 0 Å². The molecule has 0 saturated heterocycles. The van der Waals surface area contributed by atoms with E-state index < -0.39 is 10.0 Å². The molecule has 2 aromatic heterocycles. The molecule has 19 heavy (non-hydrogen) atoms. The van der Waals surface area contributed by atoms with Gasteiger partial charge in [-0.25, -0.2) is 18.1 Å². The van der Waals surface area contributed by atoms with Crippen molar-refractivity contribution < 1.29 is 8.42 Å². The number of pyridine rings is 1. The molecule has 98 valence electrons. The summed E-state index contributed by atoms with van der Waals surface area (Å²) in [5.41, 5.74) is 0.913. The molecule has 0 fully saturated rings. The Kier molecular flexibility index (Phi) is 3.59. The Labute approximate surface area is 110 Å². The number of aryl methyl sites for hydroxylation is 1. The first-order chi connectivity index (χ1) is 9.03. The smallest absolute Gasteiger partial charge is 0.242 e. The zero-order valence-corrected chi connectivity index (χ0v) is 10.9. The maximum atomic E-state index is 12.0. The number of aromatic nitrogens is 3. The molecule has 0 aromatic carbocycles. The van der Waals surface area contributed by atoms with Gasteiger partial charge < -0.3 is 0 Å². The maximum Gasteiger partial charge on any atom is 0.242 e. The zero-order chi connectivity index (χ0) is 13.9. The highest BCUT2D eigenvalue weighted by Crippen LogP contribution is 2.08. The van der Waals surface area contributed by atoms with E-state index in [-0.39, 0.29) is 17.1 Å². The van der Waals surface area contributed by atoms with Crippen LogP contribution in [0, 0.1) is 11.3 Å². The second kappa shape index (κ2) is 5.17.